The average Bonchev–Trinajstić information content (AvgIpc) is 2.84. The lowest BCUT2D eigenvalue weighted by Gasteiger charge is -2.21. The maximum absolute atomic E-state index is 12.1. The van der Waals surface area contributed by atoms with Gasteiger partial charge >= 0.3 is 0 Å². The molecule has 1 heterocycles. The van der Waals surface area contributed by atoms with Gasteiger partial charge in [0.1, 0.15) is 0 Å². The summed E-state index contributed by atoms with van der Waals surface area (Å²) in [7, 11) is 0. The first-order valence-corrected chi connectivity index (χ1v) is 7.72. The molecule has 2 rings (SSSR count). The largest absolute Gasteiger partial charge is 0.351 e. The number of carbonyl (C=O) groups excluding carboxylic acids is 1. The van der Waals surface area contributed by atoms with Crippen LogP contribution in [0.1, 0.15) is 30.9 Å². The van der Waals surface area contributed by atoms with Gasteiger partial charge in [-0.3, -0.25) is 4.79 Å². The van der Waals surface area contributed by atoms with Gasteiger partial charge in [0, 0.05) is 12.4 Å². The number of nitrogens with one attached hydrogen (secondary N) is 1. The Morgan fingerprint density at radius 2 is 2.28 bits per heavy atom. The van der Waals surface area contributed by atoms with Gasteiger partial charge in [0.2, 0.25) is 5.91 Å². The Morgan fingerprint density at radius 3 is 2.94 bits per heavy atom. The molecule has 1 aliphatic heterocycles. The van der Waals surface area contributed by atoms with Crippen molar-refractivity contribution in [2.45, 2.75) is 36.9 Å². The Hall–Kier alpha value is -0.670. The highest BCUT2D eigenvalue weighted by atomic mass is 35.5. The van der Waals surface area contributed by atoms with Crippen LogP contribution in [0, 0.1) is 0 Å². The molecule has 18 heavy (non-hydrogen) atoms. The van der Waals surface area contributed by atoms with E-state index in [0.29, 0.717) is 12.4 Å². The van der Waals surface area contributed by atoms with E-state index in [9.17, 15) is 4.79 Å². The van der Waals surface area contributed by atoms with Crippen molar-refractivity contribution in [3.8, 4) is 0 Å². The molecule has 1 aromatic carbocycles. The molecule has 98 valence electrons. The van der Waals surface area contributed by atoms with E-state index in [4.69, 9.17) is 11.6 Å². The summed E-state index contributed by atoms with van der Waals surface area (Å²) in [5.41, 5.74) is 2.19. The highest BCUT2D eigenvalue weighted by molar-refractivity contribution is 8.01. The SMILES string of the molecule is CC1(C(=O)NCc2cccc(CCl)c2)CCCS1. The number of rotatable bonds is 4. The predicted molar refractivity (Wildman–Crippen MR) is 77.9 cm³/mol. The fraction of sp³-hybridized carbons (Fsp3) is 0.500. The Labute approximate surface area is 117 Å². The molecule has 0 bridgehead atoms. The van der Waals surface area contributed by atoms with Crippen molar-refractivity contribution in [2.75, 3.05) is 5.75 Å². The molecule has 1 unspecified atom stereocenters. The molecular formula is C14H18ClNOS. The van der Waals surface area contributed by atoms with Gasteiger partial charge < -0.3 is 5.32 Å². The molecule has 0 spiro atoms. The summed E-state index contributed by atoms with van der Waals surface area (Å²) >= 11 is 7.56. The van der Waals surface area contributed by atoms with Gasteiger partial charge in [0.15, 0.2) is 0 Å². The van der Waals surface area contributed by atoms with E-state index >= 15 is 0 Å². The van der Waals surface area contributed by atoms with Crippen molar-refractivity contribution in [3.63, 3.8) is 0 Å². The number of carbonyl (C=O) groups is 1. The minimum atomic E-state index is -0.232. The van der Waals surface area contributed by atoms with Crippen molar-refractivity contribution in [3.05, 3.63) is 35.4 Å². The summed E-state index contributed by atoms with van der Waals surface area (Å²) in [6, 6.07) is 8.02. The highest BCUT2D eigenvalue weighted by Crippen LogP contribution is 2.37. The van der Waals surface area contributed by atoms with Crippen molar-refractivity contribution in [2.24, 2.45) is 0 Å². The topological polar surface area (TPSA) is 29.1 Å². The molecular weight excluding hydrogens is 266 g/mol. The second-order valence-electron chi connectivity index (χ2n) is 4.82. The zero-order chi connectivity index (χ0) is 13.0. The zero-order valence-corrected chi connectivity index (χ0v) is 12.1. The van der Waals surface area contributed by atoms with E-state index in [1.807, 2.05) is 31.2 Å². The Balaban J connectivity index is 1.92. The summed E-state index contributed by atoms with van der Waals surface area (Å²) in [6.07, 6.45) is 2.11. The first-order chi connectivity index (χ1) is 8.64. The van der Waals surface area contributed by atoms with Crippen LogP contribution >= 0.6 is 23.4 Å². The second-order valence-corrected chi connectivity index (χ2v) is 6.68. The summed E-state index contributed by atoms with van der Waals surface area (Å²) in [5, 5.41) is 3.03. The summed E-state index contributed by atoms with van der Waals surface area (Å²) in [4.78, 5) is 12.1. The summed E-state index contributed by atoms with van der Waals surface area (Å²) in [5.74, 6) is 1.75. The molecule has 1 N–H and O–H groups in total. The minimum absolute atomic E-state index is 0.154. The van der Waals surface area contributed by atoms with Crippen LogP contribution in [-0.2, 0) is 17.2 Å². The van der Waals surface area contributed by atoms with E-state index < -0.39 is 0 Å². The lowest BCUT2D eigenvalue weighted by molar-refractivity contribution is -0.123. The number of hydrogen-bond acceptors (Lipinski definition) is 2. The molecule has 0 aromatic heterocycles. The van der Waals surface area contributed by atoms with Gasteiger partial charge in [0.25, 0.3) is 0 Å². The van der Waals surface area contributed by atoms with Crippen molar-refractivity contribution < 1.29 is 4.79 Å². The predicted octanol–water partition coefficient (Wildman–Crippen LogP) is 3.33. The minimum Gasteiger partial charge on any atom is -0.351 e. The molecule has 0 saturated carbocycles. The van der Waals surface area contributed by atoms with Crippen LogP contribution < -0.4 is 5.32 Å². The standard InChI is InChI=1S/C14H18ClNOS/c1-14(6-3-7-18-14)13(17)16-10-12-5-2-4-11(8-12)9-15/h2,4-5,8H,3,6-7,9-10H2,1H3,(H,16,17). The first kappa shape index (κ1) is 13.8. The number of amides is 1. The molecule has 0 radical (unpaired) electrons. The molecule has 1 saturated heterocycles. The average molecular weight is 284 g/mol. The summed E-state index contributed by atoms with van der Waals surface area (Å²) < 4.78 is -0.232. The van der Waals surface area contributed by atoms with E-state index in [0.717, 1.165) is 29.7 Å². The molecule has 2 nitrogen and oxygen atoms in total. The highest BCUT2D eigenvalue weighted by Gasteiger charge is 2.36. The van der Waals surface area contributed by atoms with Crippen LogP contribution in [0.25, 0.3) is 0 Å². The summed E-state index contributed by atoms with van der Waals surface area (Å²) in [6.45, 7) is 2.62. The lowest BCUT2D eigenvalue weighted by atomic mass is 10.0. The third-order valence-corrected chi connectivity index (χ3v) is 5.13. The third kappa shape index (κ3) is 3.21. The van der Waals surface area contributed by atoms with E-state index in [1.165, 1.54) is 0 Å². The van der Waals surface area contributed by atoms with Crippen molar-refractivity contribution in [1.29, 1.82) is 0 Å². The van der Waals surface area contributed by atoms with Gasteiger partial charge in [-0.05, 0) is 36.6 Å². The monoisotopic (exact) mass is 283 g/mol. The van der Waals surface area contributed by atoms with Crippen LogP contribution in [0.4, 0.5) is 0 Å². The van der Waals surface area contributed by atoms with E-state index in [2.05, 4.69) is 5.32 Å². The van der Waals surface area contributed by atoms with Crippen LogP contribution in [0.2, 0.25) is 0 Å². The second kappa shape index (κ2) is 5.98. The lowest BCUT2D eigenvalue weighted by Crippen LogP contribution is -2.39. The van der Waals surface area contributed by atoms with Crippen LogP contribution in [0.5, 0.6) is 0 Å². The molecule has 4 heteroatoms. The van der Waals surface area contributed by atoms with E-state index in [1.54, 1.807) is 11.8 Å². The normalized spacial score (nSPS) is 23.0. The smallest absolute Gasteiger partial charge is 0.236 e. The number of thioether (sulfide) groups is 1. The zero-order valence-electron chi connectivity index (χ0n) is 10.5. The Morgan fingerprint density at radius 1 is 1.50 bits per heavy atom. The molecule has 1 aromatic rings. The van der Waals surface area contributed by atoms with Crippen LogP contribution in [0.3, 0.4) is 0 Å². The number of benzene rings is 1. The van der Waals surface area contributed by atoms with Crippen molar-refractivity contribution >= 4 is 29.3 Å². The number of halogens is 1. The van der Waals surface area contributed by atoms with Crippen LogP contribution in [0.15, 0.2) is 24.3 Å². The maximum Gasteiger partial charge on any atom is 0.236 e. The third-order valence-electron chi connectivity index (χ3n) is 3.30. The van der Waals surface area contributed by atoms with Gasteiger partial charge in [-0.15, -0.1) is 23.4 Å². The number of alkyl halides is 1. The Kier molecular flexibility index (Phi) is 4.57. The molecule has 1 aliphatic rings. The van der Waals surface area contributed by atoms with Gasteiger partial charge in [-0.2, -0.15) is 0 Å². The fourth-order valence-electron chi connectivity index (χ4n) is 2.15. The molecule has 1 amide bonds. The maximum atomic E-state index is 12.1. The Bertz CT molecular complexity index is 430. The van der Waals surface area contributed by atoms with E-state index in [-0.39, 0.29) is 10.7 Å². The number of hydrogen-bond donors (Lipinski definition) is 1. The molecule has 1 atom stereocenters. The molecule has 1 fully saturated rings. The van der Waals surface area contributed by atoms with Gasteiger partial charge in [0.05, 0.1) is 4.75 Å². The quantitative estimate of drug-likeness (QED) is 0.859. The van der Waals surface area contributed by atoms with Gasteiger partial charge in [-0.25, -0.2) is 0 Å². The fourth-order valence-corrected chi connectivity index (χ4v) is 3.55. The van der Waals surface area contributed by atoms with Crippen molar-refractivity contribution in [1.82, 2.24) is 5.32 Å². The first-order valence-electron chi connectivity index (χ1n) is 6.20. The molecule has 0 aliphatic carbocycles. The van der Waals surface area contributed by atoms with Crippen LogP contribution in [-0.4, -0.2) is 16.4 Å². The van der Waals surface area contributed by atoms with Gasteiger partial charge in [-0.1, -0.05) is 24.3 Å².